The molecule has 21 heavy (non-hydrogen) atoms. The fraction of sp³-hybridized carbons (Fsp3) is 0.500. The molecule has 4 heterocycles. The zero-order valence-electron chi connectivity index (χ0n) is 11.9. The van der Waals surface area contributed by atoms with Gasteiger partial charge in [0.15, 0.2) is 0 Å². The number of aromatic nitrogens is 2. The molecule has 2 saturated heterocycles. The summed E-state index contributed by atoms with van der Waals surface area (Å²) in [7, 11) is 0. The van der Waals surface area contributed by atoms with Crippen LogP contribution in [-0.4, -0.2) is 34.1 Å². The van der Waals surface area contributed by atoms with E-state index < -0.39 is 0 Å². The third-order valence-electron chi connectivity index (χ3n) is 4.53. The number of ether oxygens (including phenoxy) is 1. The van der Waals surface area contributed by atoms with Gasteiger partial charge in [-0.1, -0.05) is 0 Å². The Morgan fingerprint density at radius 2 is 2.33 bits per heavy atom. The molecule has 0 amide bonds. The minimum Gasteiger partial charge on any atom is -0.468 e. The van der Waals surface area contributed by atoms with Gasteiger partial charge in [0.25, 0.3) is 0 Å². The number of furan rings is 1. The van der Waals surface area contributed by atoms with Crippen LogP contribution in [0.3, 0.4) is 0 Å². The molecule has 5 nitrogen and oxygen atoms in total. The van der Waals surface area contributed by atoms with Crippen molar-refractivity contribution in [1.82, 2.24) is 14.9 Å². The highest BCUT2D eigenvalue weighted by atomic mass is 16.5. The van der Waals surface area contributed by atoms with Crippen LogP contribution in [0.5, 0.6) is 0 Å². The molecule has 0 aliphatic carbocycles. The fourth-order valence-corrected chi connectivity index (χ4v) is 3.44. The van der Waals surface area contributed by atoms with Crippen LogP contribution in [0.25, 0.3) is 0 Å². The lowest BCUT2D eigenvalue weighted by atomic mass is 9.91. The minimum absolute atomic E-state index is 0.131. The summed E-state index contributed by atoms with van der Waals surface area (Å²) < 4.78 is 11.7. The summed E-state index contributed by atoms with van der Waals surface area (Å²) in [6, 6.07) is 5.94. The summed E-state index contributed by atoms with van der Waals surface area (Å²) in [4.78, 5) is 10.7. The van der Waals surface area contributed by atoms with Crippen molar-refractivity contribution >= 4 is 0 Å². The Labute approximate surface area is 124 Å². The van der Waals surface area contributed by atoms with Crippen molar-refractivity contribution in [2.24, 2.45) is 5.92 Å². The van der Waals surface area contributed by atoms with Crippen LogP contribution < -0.4 is 0 Å². The van der Waals surface area contributed by atoms with E-state index in [2.05, 4.69) is 14.9 Å². The van der Waals surface area contributed by atoms with E-state index >= 15 is 0 Å². The second-order valence-corrected chi connectivity index (χ2v) is 5.90. The lowest BCUT2D eigenvalue weighted by molar-refractivity contribution is -0.0120. The van der Waals surface area contributed by atoms with Crippen LogP contribution in [-0.2, 0) is 11.3 Å². The maximum absolute atomic E-state index is 6.24. The summed E-state index contributed by atoms with van der Waals surface area (Å²) in [5.41, 5.74) is 1.01. The predicted molar refractivity (Wildman–Crippen MR) is 76.4 cm³/mol. The summed E-state index contributed by atoms with van der Waals surface area (Å²) in [6.45, 7) is 2.96. The fourth-order valence-electron chi connectivity index (χ4n) is 3.44. The van der Waals surface area contributed by atoms with Crippen molar-refractivity contribution in [3.63, 3.8) is 0 Å². The largest absolute Gasteiger partial charge is 0.468 e. The summed E-state index contributed by atoms with van der Waals surface area (Å²) in [6.07, 6.45) is 7.84. The Bertz CT molecular complexity index is 572. The SMILES string of the molecule is c1coc(CN2CC[C@@H]3C[C@@H](c4ccncn4)O[C@H]3C2)c1. The quantitative estimate of drug-likeness (QED) is 0.867. The molecule has 0 aromatic carbocycles. The zero-order chi connectivity index (χ0) is 14.1. The van der Waals surface area contributed by atoms with E-state index in [1.807, 2.05) is 18.2 Å². The zero-order valence-corrected chi connectivity index (χ0v) is 11.9. The van der Waals surface area contributed by atoms with Gasteiger partial charge in [-0.25, -0.2) is 9.97 Å². The number of hydrogen-bond acceptors (Lipinski definition) is 5. The van der Waals surface area contributed by atoms with Crippen LogP contribution in [0.2, 0.25) is 0 Å². The minimum atomic E-state index is 0.131. The molecule has 4 rings (SSSR count). The highest BCUT2D eigenvalue weighted by Gasteiger charge is 2.40. The molecule has 0 radical (unpaired) electrons. The van der Waals surface area contributed by atoms with Gasteiger partial charge in [-0.3, -0.25) is 4.90 Å². The topological polar surface area (TPSA) is 51.4 Å². The molecule has 0 unspecified atom stereocenters. The van der Waals surface area contributed by atoms with Gasteiger partial charge in [-0.2, -0.15) is 0 Å². The van der Waals surface area contributed by atoms with Crippen LogP contribution in [0.4, 0.5) is 0 Å². The third-order valence-corrected chi connectivity index (χ3v) is 4.53. The number of piperidine rings is 1. The Kier molecular flexibility index (Phi) is 3.45. The highest BCUT2D eigenvalue weighted by molar-refractivity contribution is 5.06. The lowest BCUT2D eigenvalue weighted by Gasteiger charge is -2.33. The van der Waals surface area contributed by atoms with E-state index in [1.165, 1.54) is 6.42 Å². The molecule has 0 bridgehead atoms. The molecular weight excluding hydrogens is 266 g/mol. The van der Waals surface area contributed by atoms with Gasteiger partial charge in [0, 0.05) is 12.7 Å². The average molecular weight is 285 g/mol. The predicted octanol–water partition coefficient (Wildman–Crippen LogP) is 2.42. The van der Waals surface area contributed by atoms with Gasteiger partial charge in [0.2, 0.25) is 0 Å². The summed E-state index contributed by atoms with van der Waals surface area (Å²) >= 11 is 0. The first-order valence-corrected chi connectivity index (χ1v) is 7.54. The van der Waals surface area contributed by atoms with Crippen molar-refractivity contribution in [2.45, 2.75) is 31.6 Å². The molecular formula is C16H19N3O2. The van der Waals surface area contributed by atoms with Crippen molar-refractivity contribution in [1.29, 1.82) is 0 Å². The summed E-state index contributed by atoms with van der Waals surface area (Å²) in [5.74, 6) is 1.68. The molecule has 0 saturated carbocycles. The average Bonchev–Trinajstić information content (AvgIpc) is 3.17. The molecule has 5 heteroatoms. The first-order chi connectivity index (χ1) is 10.4. The molecule has 0 N–H and O–H groups in total. The van der Waals surface area contributed by atoms with E-state index in [-0.39, 0.29) is 6.10 Å². The van der Waals surface area contributed by atoms with Crippen LogP contribution in [0.15, 0.2) is 41.4 Å². The van der Waals surface area contributed by atoms with Gasteiger partial charge >= 0.3 is 0 Å². The first-order valence-electron chi connectivity index (χ1n) is 7.54. The van der Waals surface area contributed by atoms with Crippen LogP contribution in [0, 0.1) is 5.92 Å². The molecule has 2 aliphatic rings. The number of nitrogens with zero attached hydrogens (tertiary/aromatic N) is 3. The van der Waals surface area contributed by atoms with Crippen molar-refractivity contribution in [3.8, 4) is 0 Å². The van der Waals surface area contributed by atoms with Crippen LogP contribution in [0.1, 0.15) is 30.4 Å². The van der Waals surface area contributed by atoms with Gasteiger partial charge in [-0.05, 0) is 43.5 Å². The number of likely N-dealkylation sites (tertiary alicyclic amines) is 1. The second-order valence-electron chi connectivity index (χ2n) is 5.90. The smallest absolute Gasteiger partial charge is 0.117 e. The van der Waals surface area contributed by atoms with Crippen molar-refractivity contribution < 1.29 is 9.15 Å². The molecule has 2 aromatic heterocycles. The molecule has 2 aliphatic heterocycles. The Hall–Kier alpha value is -1.72. The Morgan fingerprint density at radius 1 is 1.33 bits per heavy atom. The normalized spacial score (nSPS) is 29.4. The first kappa shape index (κ1) is 13.0. The maximum atomic E-state index is 6.24. The third kappa shape index (κ3) is 2.71. The number of fused-ring (bicyclic) bond motifs is 1. The van der Waals surface area contributed by atoms with Gasteiger partial charge in [-0.15, -0.1) is 0 Å². The lowest BCUT2D eigenvalue weighted by Crippen LogP contribution is -2.41. The van der Waals surface area contributed by atoms with E-state index in [9.17, 15) is 0 Å². The number of rotatable bonds is 3. The monoisotopic (exact) mass is 285 g/mol. The molecule has 3 atom stereocenters. The number of hydrogen-bond donors (Lipinski definition) is 0. The summed E-state index contributed by atoms with van der Waals surface area (Å²) in [5, 5.41) is 0. The van der Waals surface area contributed by atoms with Gasteiger partial charge in [0.05, 0.1) is 24.6 Å². The van der Waals surface area contributed by atoms with E-state index in [0.29, 0.717) is 12.0 Å². The van der Waals surface area contributed by atoms with Crippen LogP contribution >= 0.6 is 0 Å². The van der Waals surface area contributed by atoms with E-state index in [0.717, 1.165) is 37.5 Å². The molecule has 110 valence electrons. The molecule has 2 aromatic rings. The van der Waals surface area contributed by atoms with E-state index in [4.69, 9.17) is 9.15 Å². The Balaban J connectivity index is 1.40. The van der Waals surface area contributed by atoms with Gasteiger partial charge < -0.3 is 9.15 Å². The molecule has 2 fully saturated rings. The van der Waals surface area contributed by atoms with E-state index in [1.54, 1.807) is 18.8 Å². The van der Waals surface area contributed by atoms with Gasteiger partial charge in [0.1, 0.15) is 18.2 Å². The molecule has 0 spiro atoms. The van der Waals surface area contributed by atoms with Crippen molar-refractivity contribution in [2.75, 3.05) is 13.1 Å². The maximum Gasteiger partial charge on any atom is 0.117 e. The van der Waals surface area contributed by atoms with Crippen molar-refractivity contribution in [3.05, 3.63) is 48.4 Å². The second kappa shape index (κ2) is 5.58. The highest BCUT2D eigenvalue weighted by Crippen LogP contribution is 2.40. The standard InChI is InChI=1S/C16H19N3O2/c1-2-13(20-7-1)9-19-6-4-12-8-15(21-16(12)10-19)14-3-5-17-11-18-14/h1-3,5,7,11-12,15-16H,4,6,8-10H2/t12-,15+,16+/m1/s1. The Morgan fingerprint density at radius 3 is 3.14 bits per heavy atom.